The molecule has 164 valence electrons. The summed E-state index contributed by atoms with van der Waals surface area (Å²) in [5.74, 6) is -0.319. The van der Waals surface area contributed by atoms with Crippen molar-refractivity contribution in [2.45, 2.75) is 36.7 Å². The Morgan fingerprint density at radius 2 is 2.10 bits per heavy atom. The van der Waals surface area contributed by atoms with Crippen LogP contribution in [0.3, 0.4) is 0 Å². The number of aromatic nitrogens is 2. The summed E-state index contributed by atoms with van der Waals surface area (Å²) in [5, 5.41) is 1.81. The molecule has 1 aromatic carbocycles. The maximum absolute atomic E-state index is 14.0. The van der Waals surface area contributed by atoms with Crippen molar-refractivity contribution < 1.29 is 12.8 Å². The van der Waals surface area contributed by atoms with E-state index in [0.29, 0.717) is 17.8 Å². The van der Waals surface area contributed by atoms with Crippen LogP contribution in [0.25, 0.3) is 0 Å². The zero-order valence-electron chi connectivity index (χ0n) is 17.5. The first-order chi connectivity index (χ1) is 14.8. The minimum Gasteiger partial charge on any atom is -0.369 e. The lowest BCUT2D eigenvalue weighted by atomic mass is 10.1. The third-order valence-electron chi connectivity index (χ3n) is 5.73. The van der Waals surface area contributed by atoms with Gasteiger partial charge in [-0.1, -0.05) is 18.2 Å². The second kappa shape index (κ2) is 9.02. The van der Waals surface area contributed by atoms with E-state index >= 15 is 0 Å². The molecule has 0 amide bonds. The molecule has 2 aromatic heterocycles. The summed E-state index contributed by atoms with van der Waals surface area (Å²) in [5.41, 5.74) is 4.63. The van der Waals surface area contributed by atoms with Crippen LogP contribution in [0.2, 0.25) is 0 Å². The number of benzene rings is 1. The van der Waals surface area contributed by atoms with Crippen LogP contribution in [-0.4, -0.2) is 49.5 Å². The molecule has 0 aliphatic carbocycles. The molecule has 0 saturated carbocycles. The van der Waals surface area contributed by atoms with Crippen LogP contribution in [0.5, 0.6) is 0 Å². The van der Waals surface area contributed by atoms with Gasteiger partial charge in [0, 0.05) is 43.7 Å². The van der Waals surface area contributed by atoms with Gasteiger partial charge in [0.05, 0.1) is 28.8 Å². The summed E-state index contributed by atoms with van der Waals surface area (Å²) in [6, 6.07) is 8.77. The fraction of sp³-hybridized carbons (Fsp3) is 0.364. The average molecular weight is 461 g/mol. The number of likely N-dealkylation sites (tertiary alicyclic amines) is 1. The summed E-state index contributed by atoms with van der Waals surface area (Å²) in [7, 11) is -1.54. The minimum absolute atomic E-state index is 0.0720. The molecule has 3 heterocycles. The van der Waals surface area contributed by atoms with E-state index < -0.39 is 9.84 Å². The molecule has 1 atom stereocenters. The van der Waals surface area contributed by atoms with Gasteiger partial charge in [-0.25, -0.2) is 22.8 Å². The number of halogens is 1. The Morgan fingerprint density at radius 3 is 2.81 bits per heavy atom. The van der Waals surface area contributed by atoms with Crippen LogP contribution in [0.15, 0.2) is 52.4 Å². The van der Waals surface area contributed by atoms with Crippen molar-refractivity contribution in [3.8, 4) is 0 Å². The lowest BCUT2D eigenvalue weighted by molar-refractivity contribution is 0.320. The fourth-order valence-corrected chi connectivity index (χ4v) is 5.90. The molecule has 3 aromatic rings. The smallest absolute Gasteiger partial charge is 0.201 e. The molecule has 0 spiro atoms. The average Bonchev–Trinajstić information content (AvgIpc) is 3.41. The van der Waals surface area contributed by atoms with Gasteiger partial charge < -0.3 is 4.90 Å². The molecule has 1 aliphatic heterocycles. The van der Waals surface area contributed by atoms with E-state index in [0.717, 1.165) is 30.8 Å². The molecule has 1 aliphatic rings. The Labute approximate surface area is 186 Å². The molecule has 6 nitrogen and oxygen atoms in total. The number of aryl methyl sites for hydroxylation is 1. The topological polar surface area (TPSA) is 66.4 Å². The highest BCUT2D eigenvalue weighted by Crippen LogP contribution is 2.27. The van der Waals surface area contributed by atoms with Crippen molar-refractivity contribution in [3.05, 3.63) is 70.1 Å². The lowest BCUT2D eigenvalue weighted by Crippen LogP contribution is -2.35. The van der Waals surface area contributed by atoms with Crippen molar-refractivity contribution in [1.29, 1.82) is 0 Å². The summed E-state index contributed by atoms with van der Waals surface area (Å²) in [6.45, 7) is 4.19. The van der Waals surface area contributed by atoms with Crippen LogP contribution in [0.4, 0.5) is 10.1 Å². The molecule has 0 N–H and O–H groups in total. The summed E-state index contributed by atoms with van der Waals surface area (Å²) in [6.07, 6.45) is 2.59. The van der Waals surface area contributed by atoms with E-state index in [1.54, 1.807) is 29.2 Å². The Bertz CT molecular complexity index is 1150. The summed E-state index contributed by atoms with van der Waals surface area (Å²) in [4.78, 5) is 12.7. The van der Waals surface area contributed by atoms with Crippen molar-refractivity contribution in [3.63, 3.8) is 0 Å². The number of thiazole rings is 1. The minimum atomic E-state index is -3.54. The molecule has 0 bridgehead atoms. The number of pyridine rings is 1. The van der Waals surface area contributed by atoms with E-state index in [1.807, 2.05) is 26.1 Å². The quantitative estimate of drug-likeness (QED) is 0.536. The first-order valence-electron chi connectivity index (χ1n) is 10.1. The first kappa shape index (κ1) is 21.9. The molecule has 0 radical (unpaired) electrons. The number of likely N-dealkylation sites (N-methyl/N-ethyl adjacent to an activating group) is 1. The molecule has 1 saturated heterocycles. The number of rotatable bonds is 7. The summed E-state index contributed by atoms with van der Waals surface area (Å²) < 4.78 is 39.3. The van der Waals surface area contributed by atoms with Gasteiger partial charge in [-0.2, -0.15) is 0 Å². The number of nitrogens with zero attached hydrogens (tertiary/aromatic N) is 4. The number of anilines is 1. The third kappa shape index (κ3) is 4.94. The van der Waals surface area contributed by atoms with Gasteiger partial charge in [-0.05, 0) is 31.0 Å². The molecule has 4 rings (SSSR count). The third-order valence-corrected chi connectivity index (χ3v) is 7.90. The lowest BCUT2D eigenvalue weighted by Gasteiger charge is -2.28. The monoisotopic (exact) mass is 460 g/mol. The highest BCUT2D eigenvalue weighted by atomic mass is 32.2. The van der Waals surface area contributed by atoms with Gasteiger partial charge in [0.1, 0.15) is 5.82 Å². The van der Waals surface area contributed by atoms with E-state index in [4.69, 9.17) is 0 Å². The van der Waals surface area contributed by atoms with Crippen LogP contribution in [-0.2, 0) is 22.1 Å². The van der Waals surface area contributed by atoms with Gasteiger partial charge in [0.25, 0.3) is 0 Å². The molecular formula is C22H25FN4O2S2. The highest BCUT2D eigenvalue weighted by Gasteiger charge is 2.28. The first-order valence-corrected chi connectivity index (χ1v) is 12.7. The van der Waals surface area contributed by atoms with Crippen molar-refractivity contribution >= 4 is 26.9 Å². The maximum Gasteiger partial charge on any atom is 0.201 e. The predicted molar refractivity (Wildman–Crippen MR) is 120 cm³/mol. The second-order valence-electron chi connectivity index (χ2n) is 7.93. The Kier molecular flexibility index (Phi) is 6.36. The number of hydrogen-bond donors (Lipinski definition) is 0. The second-order valence-corrected chi connectivity index (χ2v) is 10.6. The SMILES string of the molecule is Cc1cc(S(=O)(=O)Cc2cscn2)ncc1N(C)[C@H]1CCN(Cc2ccccc2F)C1. The fourth-order valence-electron chi connectivity index (χ4n) is 3.98. The zero-order valence-corrected chi connectivity index (χ0v) is 19.2. The number of sulfone groups is 1. The Morgan fingerprint density at radius 1 is 1.29 bits per heavy atom. The molecule has 9 heteroatoms. The standard InChI is InChI=1S/C22H25FN4O2S2/c1-16-9-22(31(28,29)14-18-13-30-15-25-18)24-10-21(16)26(2)19-7-8-27(12-19)11-17-5-3-4-6-20(17)23/h3-6,9-10,13,15,19H,7-8,11-12,14H2,1-2H3/t19-/m0/s1. The van der Waals surface area contributed by atoms with Crippen LogP contribution < -0.4 is 4.90 Å². The van der Waals surface area contributed by atoms with Gasteiger partial charge in [0.15, 0.2) is 5.03 Å². The molecule has 0 unspecified atom stereocenters. The largest absolute Gasteiger partial charge is 0.369 e. The molecule has 1 fully saturated rings. The van der Waals surface area contributed by atoms with Crippen molar-refractivity contribution in [2.75, 3.05) is 25.0 Å². The van der Waals surface area contributed by atoms with E-state index in [2.05, 4.69) is 19.8 Å². The van der Waals surface area contributed by atoms with Gasteiger partial charge in [0.2, 0.25) is 9.84 Å². The highest BCUT2D eigenvalue weighted by molar-refractivity contribution is 7.90. The molecule has 31 heavy (non-hydrogen) atoms. The normalized spacial score (nSPS) is 17.2. The van der Waals surface area contributed by atoms with Crippen LogP contribution in [0, 0.1) is 12.7 Å². The van der Waals surface area contributed by atoms with Crippen LogP contribution >= 0.6 is 11.3 Å². The van der Waals surface area contributed by atoms with Gasteiger partial charge in [-0.15, -0.1) is 11.3 Å². The van der Waals surface area contributed by atoms with E-state index in [1.165, 1.54) is 17.4 Å². The van der Waals surface area contributed by atoms with Gasteiger partial charge in [-0.3, -0.25) is 4.90 Å². The maximum atomic E-state index is 14.0. The van der Waals surface area contributed by atoms with Crippen LogP contribution in [0.1, 0.15) is 23.2 Å². The Balaban J connectivity index is 1.44. The van der Waals surface area contributed by atoms with Crippen molar-refractivity contribution in [2.24, 2.45) is 0 Å². The molecular weight excluding hydrogens is 435 g/mol. The van der Waals surface area contributed by atoms with E-state index in [-0.39, 0.29) is 22.6 Å². The summed E-state index contributed by atoms with van der Waals surface area (Å²) >= 11 is 1.37. The van der Waals surface area contributed by atoms with E-state index in [9.17, 15) is 12.8 Å². The predicted octanol–water partition coefficient (Wildman–Crippen LogP) is 3.67. The Hall–Kier alpha value is -2.36. The number of hydrogen-bond acceptors (Lipinski definition) is 7. The van der Waals surface area contributed by atoms with Crippen molar-refractivity contribution in [1.82, 2.24) is 14.9 Å². The zero-order chi connectivity index (χ0) is 22.0. The van der Waals surface area contributed by atoms with Gasteiger partial charge >= 0.3 is 0 Å².